The van der Waals surface area contributed by atoms with Gasteiger partial charge in [0.2, 0.25) is 11.8 Å². The number of hydrogen-bond acceptors (Lipinski definition) is 3. The van der Waals surface area contributed by atoms with Crippen LogP contribution in [-0.2, 0) is 9.59 Å². The Morgan fingerprint density at radius 1 is 1.24 bits per heavy atom. The fourth-order valence-electron chi connectivity index (χ4n) is 3.53. The lowest BCUT2D eigenvalue weighted by molar-refractivity contribution is -0.157. The number of carbonyl (C=O) groups is 3. The minimum Gasteiger partial charge on any atom is -0.335 e. The first kappa shape index (κ1) is 13.9. The molecular formula is C14H20N4O3. The normalized spacial score (nSPS) is 31.0. The molecule has 3 fully saturated rings. The fourth-order valence-corrected chi connectivity index (χ4v) is 3.53. The van der Waals surface area contributed by atoms with Gasteiger partial charge in [-0.15, -0.1) is 6.58 Å². The third kappa shape index (κ3) is 2.26. The van der Waals surface area contributed by atoms with E-state index in [4.69, 9.17) is 0 Å². The summed E-state index contributed by atoms with van der Waals surface area (Å²) in [6.07, 6.45) is 3.83. The van der Waals surface area contributed by atoms with Gasteiger partial charge < -0.3 is 20.4 Å². The van der Waals surface area contributed by atoms with Crippen LogP contribution in [0.1, 0.15) is 19.3 Å². The van der Waals surface area contributed by atoms with Crippen molar-refractivity contribution in [3.05, 3.63) is 12.7 Å². The van der Waals surface area contributed by atoms with Crippen molar-refractivity contribution in [2.24, 2.45) is 0 Å². The molecule has 0 radical (unpaired) electrons. The van der Waals surface area contributed by atoms with E-state index in [1.807, 2.05) is 0 Å². The van der Waals surface area contributed by atoms with Gasteiger partial charge in [0, 0.05) is 19.6 Å². The van der Waals surface area contributed by atoms with Crippen molar-refractivity contribution in [3.8, 4) is 0 Å². The summed E-state index contributed by atoms with van der Waals surface area (Å²) in [5.41, 5.74) is 0. The van der Waals surface area contributed by atoms with Gasteiger partial charge in [-0.3, -0.25) is 9.59 Å². The highest BCUT2D eigenvalue weighted by Crippen LogP contribution is 2.32. The van der Waals surface area contributed by atoms with Gasteiger partial charge in [0.1, 0.15) is 12.1 Å². The van der Waals surface area contributed by atoms with Gasteiger partial charge in [-0.1, -0.05) is 6.08 Å². The Hall–Kier alpha value is -2.05. The molecule has 21 heavy (non-hydrogen) atoms. The largest absolute Gasteiger partial charge is 0.335 e. The fraction of sp³-hybridized carbons (Fsp3) is 0.643. The van der Waals surface area contributed by atoms with Gasteiger partial charge in [-0.25, -0.2) is 4.79 Å². The van der Waals surface area contributed by atoms with Crippen molar-refractivity contribution in [2.75, 3.05) is 19.6 Å². The van der Waals surface area contributed by atoms with Crippen LogP contribution in [0, 0.1) is 0 Å². The third-order valence-electron chi connectivity index (χ3n) is 4.48. The van der Waals surface area contributed by atoms with Crippen LogP contribution in [0.4, 0.5) is 4.79 Å². The van der Waals surface area contributed by atoms with Gasteiger partial charge >= 0.3 is 6.03 Å². The second-order valence-electron chi connectivity index (χ2n) is 5.70. The Morgan fingerprint density at radius 2 is 2.05 bits per heavy atom. The summed E-state index contributed by atoms with van der Waals surface area (Å²) in [6, 6.07) is -1.46. The quantitative estimate of drug-likeness (QED) is 0.685. The third-order valence-corrected chi connectivity index (χ3v) is 4.48. The molecule has 0 aliphatic carbocycles. The average Bonchev–Trinajstić information content (AvgIpc) is 3.10. The topological polar surface area (TPSA) is 81.8 Å². The standard InChI is InChI=1S/C14H20N4O3/c1-2-6-15-14(21)16-9-5-8-18-11(9)13(20)17-7-3-4-10(17)12(18)19/h2,9-11H,1,3-8H2,(H2,15,16,21)/t9-,10+,11-/m0/s1. The molecule has 3 heterocycles. The van der Waals surface area contributed by atoms with Crippen LogP contribution in [0.2, 0.25) is 0 Å². The molecule has 7 nitrogen and oxygen atoms in total. The van der Waals surface area contributed by atoms with Crippen LogP contribution in [-0.4, -0.2) is 65.4 Å². The maximum atomic E-state index is 12.6. The van der Waals surface area contributed by atoms with E-state index in [1.165, 1.54) is 0 Å². The number of carbonyl (C=O) groups excluding carboxylic acids is 3. The van der Waals surface area contributed by atoms with Crippen LogP contribution in [0.3, 0.4) is 0 Å². The van der Waals surface area contributed by atoms with Crippen molar-refractivity contribution in [1.29, 1.82) is 0 Å². The molecule has 2 N–H and O–H groups in total. The molecule has 3 aliphatic heterocycles. The van der Waals surface area contributed by atoms with Crippen LogP contribution >= 0.6 is 0 Å². The number of amides is 4. The summed E-state index contributed by atoms with van der Waals surface area (Å²) >= 11 is 0. The first-order valence-electron chi connectivity index (χ1n) is 7.39. The molecule has 3 saturated heterocycles. The van der Waals surface area contributed by atoms with Crippen molar-refractivity contribution in [3.63, 3.8) is 0 Å². The highest BCUT2D eigenvalue weighted by atomic mass is 16.2. The smallest absolute Gasteiger partial charge is 0.315 e. The molecule has 0 saturated carbocycles. The number of fused-ring (bicyclic) bond motifs is 2. The SMILES string of the molecule is C=CCNC(=O)N[C@H]1CCN2C(=O)[C@H]3CCCN3C(=O)[C@H]12. The number of nitrogens with zero attached hydrogens (tertiary/aromatic N) is 2. The second kappa shape index (κ2) is 5.38. The Morgan fingerprint density at radius 3 is 2.81 bits per heavy atom. The summed E-state index contributed by atoms with van der Waals surface area (Å²) in [5, 5.41) is 5.44. The van der Waals surface area contributed by atoms with Crippen molar-refractivity contribution < 1.29 is 14.4 Å². The molecule has 0 aromatic heterocycles. The summed E-state index contributed by atoms with van der Waals surface area (Å²) in [6.45, 7) is 5.08. The van der Waals surface area contributed by atoms with Crippen molar-refractivity contribution in [1.82, 2.24) is 20.4 Å². The zero-order valence-corrected chi connectivity index (χ0v) is 11.9. The van der Waals surface area contributed by atoms with E-state index in [0.717, 1.165) is 12.8 Å². The summed E-state index contributed by atoms with van der Waals surface area (Å²) < 4.78 is 0. The van der Waals surface area contributed by atoms with Crippen molar-refractivity contribution in [2.45, 2.75) is 37.4 Å². The lowest BCUT2D eigenvalue weighted by Crippen LogP contribution is -2.64. The molecule has 0 unspecified atom stereocenters. The number of piperazine rings is 1. The monoisotopic (exact) mass is 292 g/mol. The number of nitrogens with one attached hydrogen (secondary N) is 2. The van der Waals surface area contributed by atoms with Crippen LogP contribution in [0.5, 0.6) is 0 Å². The number of rotatable bonds is 3. The molecule has 7 heteroatoms. The van der Waals surface area contributed by atoms with Gasteiger partial charge in [-0.2, -0.15) is 0 Å². The van der Waals surface area contributed by atoms with Gasteiger partial charge in [-0.05, 0) is 19.3 Å². The molecular weight excluding hydrogens is 272 g/mol. The number of hydrogen-bond donors (Lipinski definition) is 2. The predicted molar refractivity (Wildman–Crippen MR) is 75.4 cm³/mol. The Balaban J connectivity index is 1.72. The average molecular weight is 292 g/mol. The predicted octanol–water partition coefficient (Wildman–Crippen LogP) is -0.554. The highest BCUT2D eigenvalue weighted by molar-refractivity contribution is 5.98. The zero-order chi connectivity index (χ0) is 15.0. The summed E-state index contributed by atoms with van der Waals surface area (Å²) in [7, 11) is 0. The zero-order valence-electron chi connectivity index (χ0n) is 11.9. The maximum absolute atomic E-state index is 12.6. The molecule has 3 atom stereocenters. The lowest BCUT2D eigenvalue weighted by atomic mass is 10.0. The minimum atomic E-state index is -0.540. The van der Waals surface area contributed by atoms with Crippen LogP contribution in [0.15, 0.2) is 12.7 Å². The van der Waals surface area contributed by atoms with E-state index in [1.54, 1.807) is 15.9 Å². The molecule has 114 valence electrons. The maximum Gasteiger partial charge on any atom is 0.315 e. The molecule has 0 spiro atoms. The van der Waals surface area contributed by atoms with Gasteiger partial charge in [0.25, 0.3) is 0 Å². The molecule has 0 aromatic rings. The Labute approximate surface area is 123 Å². The second-order valence-corrected chi connectivity index (χ2v) is 5.70. The van der Waals surface area contributed by atoms with E-state index in [2.05, 4.69) is 17.2 Å². The van der Waals surface area contributed by atoms with E-state index >= 15 is 0 Å². The Kier molecular flexibility index (Phi) is 3.57. The minimum absolute atomic E-state index is 0.0244. The first-order valence-corrected chi connectivity index (χ1v) is 7.39. The molecule has 0 aromatic carbocycles. The summed E-state index contributed by atoms with van der Waals surface area (Å²) in [4.78, 5) is 40.1. The van der Waals surface area contributed by atoms with E-state index in [-0.39, 0.29) is 29.9 Å². The van der Waals surface area contributed by atoms with E-state index in [0.29, 0.717) is 26.1 Å². The highest BCUT2D eigenvalue weighted by Gasteiger charge is 2.53. The summed E-state index contributed by atoms with van der Waals surface area (Å²) in [5.74, 6) is 0.0107. The van der Waals surface area contributed by atoms with Gasteiger partial charge in [0.05, 0.1) is 6.04 Å². The van der Waals surface area contributed by atoms with E-state index < -0.39 is 6.04 Å². The molecule has 0 bridgehead atoms. The lowest BCUT2D eigenvalue weighted by Gasteiger charge is -2.40. The molecule has 3 aliphatic rings. The van der Waals surface area contributed by atoms with Crippen molar-refractivity contribution >= 4 is 17.8 Å². The number of urea groups is 1. The Bertz CT molecular complexity index is 493. The van der Waals surface area contributed by atoms with Gasteiger partial charge in [0.15, 0.2) is 0 Å². The van der Waals surface area contributed by atoms with Crippen LogP contribution in [0.25, 0.3) is 0 Å². The first-order chi connectivity index (χ1) is 10.1. The van der Waals surface area contributed by atoms with E-state index in [9.17, 15) is 14.4 Å². The van der Waals surface area contributed by atoms with Crippen LogP contribution < -0.4 is 10.6 Å². The molecule has 3 rings (SSSR count). The molecule has 4 amide bonds.